The van der Waals surface area contributed by atoms with E-state index in [9.17, 15) is 14.4 Å². The average molecular weight is 346 g/mol. The van der Waals surface area contributed by atoms with Crippen LogP contribution in [0.2, 0.25) is 0 Å². The summed E-state index contributed by atoms with van der Waals surface area (Å²) in [7, 11) is 0. The van der Waals surface area contributed by atoms with Crippen molar-refractivity contribution in [3.63, 3.8) is 0 Å². The van der Waals surface area contributed by atoms with E-state index in [-0.39, 0.29) is 23.8 Å². The van der Waals surface area contributed by atoms with Gasteiger partial charge in [0.2, 0.25) is 11.8 Å². The van der Waals surface area contributed by atoms with Gasteiger partial charge in [0.05, 0.1) is 5.92 Å². The molecule has 134 valence electrons. The van der Waals surface area contributed by atoms with E-state index in [1.54, 1.807) is 18.7 Å². The number of amides is 2. The molecule has 0 rings (SSSR count). The zero-order valence-electron chi connectivity index (χ0n) is 14.6. The largest absolute Gasteiger partial charge is 0.481 e. The zero-order valence-corrected chi connectivity index (χ0v) is 15.4. The quantitative estimate of drug-likeness (QED) is 0.469. The molecule has 2 unspecified atom stereocenters. The molecule has 0 saturated heterocycles. The third-order valence-corrected chi connectivity index (χ3v) is 4.38. The first-order valence-corrected chi connectivity index (χ1v) is 9.31. The van der Waals surface area contributed by atoms with Gasteiger partial charge in [0.1, 0.15) is 0 Å². The Labute approximate surface area is 143 Å². The Balaban J connectivity index is 3.84. The van der Waals surface area contributed by atoms with Crippen LogP contribution in [0.5, 0.6) is 0 Å². The summed E-state index contributed by atoms with van der Waals surface area (Å²) in [4.78, 5) is 34.3. The van der Waals surface area contributed by atoms with E-state index < -0.39 is 11.9 Å². The Morgan fingerprint density at radius 1 is 1.13 bits per heavy atom. The van der Waals surface area contributed by atoms with E-state index in [0.717, 1.165) is 11.5 Å². The van der Waals surface area contributed by atoms with Crippen LogP contribution in [0, 0.1) is 11.8 Å². The van der Waals surface area contributed by atoms with Crippen molar-refractivity contribution in [3.05, 3.63) is 0 Å². The van der Waals surface area contributed by atoms with Gasteiger partial charge in [-0.1, -0.05) is 13.8 Å². The third kappa shape index (κ3) is 11.0. The summed E-state index contributed by atoms with van der Waals surface area (Å²) in [6, 6.07) is 0.158. The fourth-order valence-corrected chi connectivity index (χ4v) is 2.82. The molecule has 0 bridgehead atoms. The van der Waals surface area contributed by atoms with Gasteiger partial charge in [0, 0.05) is 36.4 Å². The molecule has 0 aromatic heterocycles. The minimum Gasteiger partial charge on any atom is -0.481 e. The number of carboxylic acids is 1. The Morgan fingerprint density at radius 2 is 1.78 bits per heavy atom. The van der Waals surface area contributed by atoms with Gasteiger partial charge in [-0.2, -0.15) is 11.8 Å². The molecule has 7 heteroatoms. The van der Waals surface area contributed by atoms with Gasteiger partial charge in [-0.05, 0) is 26.7 Å². The van der Waals surface area contributed by atoms with Crippen LogP contribution in [0.3, 0.4) is 0 Å². The Bertz CT molecular complexity index is 388. The zero-order chi connectivity index (χ0) is 17.8. The van der Waals surface area contributed by atoms with Crippen molar-refractivity contribution in [1.29, 1.82) is 0 Å². The highest BCUT2D eigenvalue weighted by Gasteiger charge is 2.22. The van der Waals surface area contributed by atoms with Gasteiger partial charge >= 0.3 is 5.97 Å². The molecule has 0 saturated carbocycles. The van der Waals surface area contributed by atoms with Gasteiger partial charge in [0.25, 0.3) is 0 Å². The second-order valence-corrected chi connectivity index (χ2v) is 7.18. The van der Waals surface area contributed by atoms with Gasteiger partial charge in [-0.3, -0.25) is 14.4 Å². The van der Waals surface area contributed by atoms with Gasteiger partial charge in [-0.25, -0.2) is 0 Å². The van der Waals surface area contributed by atoms with Crippen LogP contribution in [0.1, 0.15) is 47.0 Å². The van der Waals surface area contributed by atoms with E-state index in [1.807, 2.05) is 20.8 Å². The lowest BCUT2D eigenvalue weighted by atomic mass is 9.93. The Kier molecular flexibility index (Phi) is 11.6. The van der Waals surface area contributed by atoms with E-state index >= 15 is 0 Å². The van der Waals surface area contributed by atoms with Crippen molar-refractivity contribution >= 4 is 29.5 Å². The SMILES string of the molecule is CCC(CC(C)C(=O)O)C(=O)NCCSCCC(=O)NC(C)C. The highest BCUT2D eigenvalue weighted by molar-refractivity contribution is 7.99. The van der Waals surface area contributed by atoms with Crippen LogP contribution in [0.25, 0.3) is 0 Å². The molecule has 0 radical (unpaired) electrons. The van der Waals surface area contributed by atoms with Crippen molar-refractivity contribution in [3.8, 4) is 0 Å². The standard InChI is InChI=1S/C16H30N2O4S/c1-5-13(10-12(4)16(21)22)15(20)17-7-9-23-8-6-14(19)18-11(2)3/h11-13H,5-10H2,1-4H3,(H,17,20)(H,18,19)(H,21,22). The molecule has 2 atom stereocenters. The van der Waals surface area contributed by atoms with Crippen LogP contribution in [0.15, 0.2) is 0 Å². The van der Waals surface area contributed by atoms with Crippen LogP contribution < -0.4 is 10.6 Å². The van der Waals surface area contributed by atoms with E-state index in [4.69, 9.17) is 5.11 Å². The number of carbonyl (C=O) groups is 3. The van der Waals surface area contributed by atoms with Crippen LogP contribution in [-0.2, 0) is 14.4 Å². The maximum absolute atomic E-state index is 12.0. The first-order chi connectivity index (χ1) is 10.8. The topological polar surface area (TPSA) is 95.5 Å². The fraction of sp³-hybridized carbons (Fsp3) is 0.812. The number of rotatable bonds is 12. The minimum absolute atomic E-state index is 0.0465. The molecule has 2 amide bonds. The normalized spacial score (nSPS) is 13.4. The Hall–Kier alpha value is -1.24. The molecule has 3 N–H and O–H groups in total. The highest BCUT2D eigenvalue weighted by atomic mass is 32.2. The molecule has 0 heterocycles. The lowest BCUT2D eigenvalue weighted by Gasteiger charge is -2.17. The molecule has 0 fully saturated rings. The summed E-state index contributed by atoms with van der Waals surface area (Å²) in [6.07, 6.45) is 1.47. The number of carbonyl (C=O) groups excluding carboxylic acids is 2. The number of aliphatic carboxylic acids is 1. The highest BCUT2D eigenvalue weighted by Crippen LogP contribution is 2.16. The second-order valence-electron chi connectivity index (χ2n) is 5.96. The van der Waals surface area contributed by atoms with Crippen molar-refractivity contribution < 1.29 is 19.5 Å². The monoisotopic (exact) mass is 346 g/mol. The second kappa shape index (κ2) is 12.2. The van der Waals surface area contributed by atoms with Gasteiger partial charge in [0.15, 0.2) is 0 Å². The maximum atomic E-state index is 12.0. The van der Waals surface area contributed by atoms with E-state index in [1.165, 1.54) is 0 Å². The average Bonchev–Trinajstić information content (AvgIpc) is 2.46. The number of hydrogen-bond donors (Lipinski definition) is 3. The van der Waals surface area contributed by atoms with Crippen molar-refractivity contribution in [2.45, 2.75) is 53.0 Å². The summed E-state index contributed by atoms with van der Waals surface area (Å²) < 4.78 is 0. The molecule has 6 nitrogen and oxygen atoms in total. The predicted octanol–water partition coefficient (Wildman–Crippen LogP) is 1.89. The molecule has 0 spiro atoms. The van der Waals surface area contributed by atoms with Gasteiger partial charge < -0.3 is 15.7 Å². The number of carboxylic acid groups (broad SMARTS) is 1. The van der Waals surface area contributed by atoms with Crippen molar-refractivity contribution in [2.24, 2.45) is 11.8 Å². The molecular weight excluding hydrogens is 316 g/mol. The van der Waals surface area contributed by atoms with Crippen LogP contribution in [0.4, 0.5) is 0 Å². The molecule has 0 aliphatic carbocycles. The fourth-order valence-electron chi connectivity index (χ4n) is 2.04. The summed E-state index contributed by atoms with van der Waals surface area (Å²) in [5.41, 5.74) is 0. The first kappa shape index (κ1) is 21.8. The predicted molar refractivity (Wildman–Crippen MR) is 93.4 cm³/mol. The lowest BCUT2D eigenvalue weighted by molar-refractivity contribution is -0.142. The molecule has 0 aliphatic heterocycles. The molecule has 0 aromatic rings. The maximum Gasteiger partial charge on any atom is 0.306 e. The minimum atomic E-state index is -0.869. The summed E-state index contributed by atoms with van der Waals surface area (Å²) >= 11 is 1.62. The molecular formula is C16H30N2O4S. The van der Waals surface area contributed by atoms with Crippen LogP contribution in [-0.4, -0.2) is 47.0 Å². The van der Waals surface area contributed by atoms with Crippen molar-refractivity contribution in [2.75, 3.05) is 18.1 Å². The number of nitrogens with one attached hydrogen (secondary N) is 2. The van der Waals surface area contributed by atoms with E-state index in [2.05, 4.69) is 10.6 Å². The number of hydrogen-bond acceptors (Lipinski definition) is 4. The van der Waals surface area contributed by atoms with Crippen LogP contribution >= 0.6 is 11.8 Å². The summed E-state index contributed by atoms with van der Waals surface area (Å²) in [5, 5.41) is 14.6. The lowest BCUT2D eigenvalue weighted by Crippen LogP contribution is -2.34. The van der Waals surface area contributed by atoms with Crippen molar-refractivity contribution in [1.82, 2.24) is 10.6 Å². The van der Waals surface area contributed by atoms with E-state index in [0.29, 0.717) is 25.8 Å². The molecule has 23 heavy (non-hydrogen) atoms. The summed E-state index contributed by atoms with van der Waals surface area (Å²) in [5.74, 6) is -0.217. The Morgan fingerprint density at radius 3 is 2.30 bits per heavy atom. The molecule has 0 aliphatic rings. The van der Waals surface area contributed by atoms with Gasteiger partial charge in [-0.15, -0.1) is 0 Å². The first-order valence-electron chi connectivity index (χ1n) is 8.15. The molecule has 0 aromatic carbocycles. The third-order valence-electron chi connectivity index (χ3n) is 3.39. The number of thioether (sulfide) groups is 1. The smallest absolute Gasteiger partial charge is 0.306 e. The summed E-state index contributed by atoms with van der Waals surface area (Å²) in [6.45, 7) is 7.90.